The fourth-order valence-corrected chi connectivity index (χ4v) is 2.16. The van der Waals surface area contributed by atoms with E-state index in [2.05, 4.69) is 22.2 Å². The van der Waals surface area contributed by atoms with Gasteiger partial charge >= 0.3 is 0 Å². The third-order valence-electron chi connectivity index (χ3n) is 3.10. The van der Waals surface area contributed by atoms with Crippen molar-refractivity contribution in [2.45, 2.75) is 18.9 Å². The molecule has 0 atom stereocenters. The summed E-state index contributed by atoms with van der Waals surface area (Å²) in [7, 11) is 2.16. The Hall–Kier alpha value is -1.20. The summed E-state index contributed by atoms with van der Waals surface area (Å²) in [4.78, 5) is 6.83. The Kier molecular flexibility index (Phi) is 3.91. The molecule has 3 N–H and O–H groups in total. The van der Waals surface area contributed by atoms with Crippen LogP contribution in [0, 0.1) is 0 Å². The molecule has 0 aliphatic carbocycles. The van der Waals surface area contributed by atoms with E-state index in [4.69, 9.17) is 18.0 Å². The molecule has 1 saturated heterocycles. The van der Waals surface area contributed by atoms with Crippen molar-refractivity contribution < 1.29 is 0 Å². The number of nitrogens with two attached hydrogens (primary N) is 1. The topological polar surface area (TPSA) is 54.2 Å². The van der Waals surface area contributed by atoms with Crippen molar-refractivity contribution in [2.24, 2.45) is 5.73 Å². The van der Waals surface area contributed by atoms with Crippen LogP contribution in [0.1, 0.15) is 18.5 Å². The SMILES string of the molecule is CN1CCC(Nc2ccnc(C(N)=S)c2)CC1. The van der Waals surface area contributed by atoms with Crippen molar-refractivity contribution in [3.8, 4) is 0 Å². The first-order valence-electron chi connectivity index (χ1n) is 5.86. The maximum atomic E-state index is 5.57. The Morgan fingerprint density at radius 3 is 2.88 bits per heavy atom. The molecule has 1 aromatic heterocycles. The van der Waals surface area contributed by atoms with E-state index in [1.165, 1.54) is 12.8 Å². The number of hydrogen-bond acceptors (Lipinski definition) is 4. The summed E-state index contributed by atoms with van der Waals surface area (Å²) in [6.07, 6.45) is 4.08. The number of hydrogen-bond donors (Lipinski definition) is 2. The molecule has 1 aliphatic heterocycles. The van der Waals surface area contributed by atoms with Gasteiger partial charge in [-0.25, -0.2) is 0 Å². The molecule has 4 nitrogen and oxygen atoms in total. The van der Waals surface area contributed by atoms with Crippen LogP contribution in [-0.2, 0) is 0 Å². The van der Waals surface area contributed by atoms with Crippen LogP contribution in [-0.4, -0.2) is 41.1 Å². The van der Waals surface area contributed by atoms with Crippen molar-refractivity contribution >= 4 is 22.9 Å². The molecule has 2 rings (SSSR count). The third-order valence-corrected chi connectivity index (χ3v) is 3.31. The van der Waals surface area contributed by atoms with Crippen LogP contribution in [0.4, 0.5) is 5.69 Å². The van der Waals surface area contributed by atoms with Gasteiger partial charge in [0.2, 0.25) is 0 Å². The molecule has 0 unspecified atom stereocenters. The number of rotatable bonds is 3. The van der Waals surface area contributed by atoms with Crippen molar-refractivity contribution in [1.82, 2.24) is 9.88 Å². The highest BCUT2D eigenvalue weighted by molar-refractivity contribution is 7.80. The molecule has 1 fully saturated rings. The molecule has 1 aromatic rings. The van der Waals surface area contributed by atoms with Gasteiger partial charge in [-0.1, -0.05) is 12.2 Å². The monoisotopic (exact) mass is 250 g/mol. The van der Waals surface area contributed by atoms with Crippen LogP contribution in [0.15, 0.2) is 18.3 Å². The highest BCUT2D eigenvalue weighted by Gasteiger charge is 2.16. The molecule has 17 heavy (non-hydrogen) atoms. The maximum Gasteiger partial charge on any atom is 0.122 e. The molecule has 0 aromatic carbocycles. The molecule has 0 saturated carbocycles. The fraction of sp³-hybridized carbons (Fsp3) is 0.500. The average molecular weight is 250 g/mol. The zero-order valence-electron chi connectivity index (χ0n) is 10.0. The zero-order valence-corrected chi connectivity index (χ0v) is 10.8. The number of aromatic nitrogens is 1. The molecule has 0 radical (unpaired) electrons. The molecule has 0 spiro atoms. The van der Waals surface area contributed by atoms with Crippen LogP contribution in [0.25, 0.3) is 0 Å². The van der Waals surface area contributed by atoms with E-state index in [-0.39, 0.29) is 0 Å². The van der Waals surface area contributed by atoms with Gasteiger partial charge in [0, 0.05) is 17.9 Å². The highest BCUT2D eigenvalue weighted by Crippen LogP contribution is 2.16. The van der Waals surface area contributed by atoms with E-state index >= 15 is 0 Å². The largest absolute Gasteiger partial charge is 0.388 e. The average Bonchev–Trinajstić information content (AvgIpc) is 2.32. The number of likely N-dealkylation sites (tertiary alicyclic amines) is 1. The first-order chi connectivity index (χ1) is 8.15. The summed E-state index contributed by atoms with van der Waals surface area (Å²) in [5.74, 6) is 0. The molecule has 1 aliphatic rings. The number of pyridine rings is 1. The number of anilines is 1. The van der Waals surface area contributed by atoms with Crippen molar-refractivity contribution in [2.75, 3.05) is 25.5 Å². The normalized spacial score (nSPS) is 17.9. The quantitative estimate of drug-likeness (QED) is 0.790. The van der Waals surface area contributed by atoms with Crippen LogP contribution < -0.4 is 11.1 Å². The standard InChI is InChI=1S/C12H18N4S/c1-16-6-3-9(4-7-16)15-10-2-5-14-11(8-10)12(13)17/h2,5,8-9H,3-4,6-7H2,1H3,(H2,13,17)(H,14,15). The van der Waals surface area contributed by atoms with E-state index < -0.39 is 0 Å². The van der Waals surface area contributed by atoms with Crippen LogP contribution in [0.5, 0.6) is 0 Å². The van der Waals surface area contributed by atoms with Gasteiger partial charge in [-0.05, 0) is 45.1 Å². The summed E-state index contributed by atoms with van der Waals surface area (Å²) in [5, 5.41) is 3.51. The Balaban J connectivity index is 1.98. The van der Waals surface area contributed by atoms with Gasteiger partial charge in [0.05, 0.1) is 5.69 Å². The zero-order chi connectivity index (χ0) is 12.3. The second-order valence-electron chi connectivity index (χ2n) is 4.52. The summed E-state index contributed by atoms with van der Waals surface area (Å²) < 4.78 is 0. The van der Waals surface area contributed by atoms with Gasteiger partial charge in [-0.3, -0.25) is 4.98 Å². The first kappa shape index (κ1) is 12.3. The highest BCUT2D eigenvalue weighted by atomic mass is 32.1. The Labute approximate surface area is 107 Å². The Bertz CT molecular complexity index is 399. The van der Waals surface area contributed by atoms with E-state index in [0.717, 1.165) is 18.8 Å². The smallest absolute Gasteiger partial charge is 0.122 e. The predicted molar refractivity (Wildman–Crippen MR) is 74.3 cm³/mol. The number of thiocarbonyl (C=S) groups is 1. The van der Waals surface area contributed by atoms with E-state index in [0.29, 0.717) is 16.7 Å². The molecule has 0 bridgehead atoms. The summed E-state index contributed by atoms with van der Waals surface area (Å²) in [6.45, 7) is 2.29. The summed E-state index contributed by atoms with van der Waals surface area (Å²) >= 11 is 4.92. The summed E-state index contributed by atoms with van der Waals surface area (Å²) in [6, 6.07) is 4.41. The van der Waals surface area contributed by atoms with Gasteiger partial charge in [0.25, 0.3) is 0 Å². The van der Waals surface area contributed by atoms with Gasteiger partial charge in [0.1, 0.15) is 4.99 Å². The molecular weight excluding hydrogens is 232 g/mol. The lowest BCUT2D eigenvalue weighted by atomic mass is 10.1. The number of nitrogens with zero attached hydrogens (tertiary/aromatic N) is 2. The van der Waals surface area contributed by atoms with Gasteiger partial charge in [0.15, 0.2) is 0 Å². The van der Waals surface area contributed by atoms with E-state index in [1.54, 1.807) is 6.20 Å². The number of nitrogens with one attached hydrogen (secondary N) is 1. The van der Waals surface area contributed by atoms with Crippen molar-refractivity contribution in [3.05, 3.63) is 24.0 Å². The Morgan fingerprint density at radius 2 is 2.24 bits per heavy atom. The summed E-state index contributed by atoms with van der Waals surface area (Å²) in [5.41, 5.74) is 7.30. The lowest BCUT2D eigenvalue weighted by Crippen LogP contribution is -2.36. The second-order valence-corrected chi connectivity index (χ2v) is 4.96. The minimum atomic E-state index is 0.344. The van der Waals surface area contributed by atoms with Crippen LogP contribution in [0.3, 0.4) is 0 Å². The minimum absolute atomic E-state index is 0.344. The minimum Gasteiger partial charge on any atom is -0.388 e. The molecule has 0 amide bonds. The van der Waals surface area contributed by atoms with Crippen molar-refractivity contribution in [3.63, 3.8) is 0 Å². The molecular formula is C12H18N4S. The molecule has 92 valence electrons. The number of piperidine rings is 1. The maximum absolute atomic E-state index is 5.57. The van der Waals surface area contributed by atoms with Crippen LogP contribution in [0.2, 0.25) is 0 Å². The Morgan fingerprint density at radius 1 is 1.53 bits per heavy atom. The lowest BCUT2D eigenvalue weighted by molar-refractivity contribution is 0.264. The van der Waals surface area contributed by atoms with E-state index in [1.807, 2.05) is 12.1 Å². The predicted octanol–water partition coefficient (Wildman–Crippen LogP) is 1.22. The van der Waals surface area contributed by atoms with Gasteiger partial charge in [-0.15, -0.1) is 0 Å². The molecule has 2 heterocycles. The first-order valence-corrected chi connectivity index (χ1v) is 6.27. The van der Waals surface area contributed by atoms with Gasteiger partial charge in [-0.2, -0.15) is 0 Å². The lowest BCUT2D eigenvalue weighted by Gasteiger charge is -2.30. The van der Waals surface area contributed by atoms with E-state index in [9.17, 15) is 0 Å². The van der Waals surface area contributed by atoms with Gasteiger partial charge < -0.3 is 16.0 Å². The van der Waals surface area contributed by atoms with Crippen LogP contribution >= 0.6 is 12.2 Å². The second kappa shape index (κ2) is 5.42. The fourth-order valence-electron chi connectivity index (χ4n) is 2.04. The third kappa shape index (κ3) is 3.38. The molecule has 5 heteroatoms. The van der Waals surface area contributed by atoms with Crippen molar-refractivity contribution in [1.29, 1.82) is 0 Å².